The van der Waals surface area contributed by atoms with Crippen LogP contribution in [0.1, 0.15) is 34.9 Å². The Hall–Kier alpha value is -3.16. The molecule has 1 saturated heterocycles. The van der Waals surface area contributed by atoms with Crippen LogP contribution in [0.5, 0.6) is 0 Å². The van der Waals surface area contributed by atoms with Crippen molar-refractivity contribution in [1.29, 1.82) is 0 Å². The molecule has 3 aromatic heterocycles. The van der Waals surface area contributed by atoms with Gasteiger partial charge in [-0.05, 0) is 12.8 Å². The normalized spacial score (nSPS) is 17.3. The van der Waals surface area contributed by atoms with Gasteiger partial charge >= 0.3 is 0 Å². The van der Waals surface area contributed by atoms with Crippen LogP contribution in [-0.2, 0) is 7.05 Å². The molecule has 0 bridgehead atoms. The van der Waals surface area contributed by atoms with Crippen molar-refractivity contribution in [1.82, 2.24) is 34.4 Å². The summed E-state index contributed by atoms with van der Waals surface area (Å²) in [5.74, 6) is 0.0728. The molecule has 1 aliphatic rings. The summed E-state index contributed by atoms with van der Waals surface area (Å²) in [4.78, 5) is 35.9. The Morgan fingerprint density at radius 1 is 1.12 bits per heavy atom. The Bertz CT molecular complexity index is 909. The molecule has 1 atom stereocenters. The molecule has 8 heteroatoms. The monoisotopic (exact) mass is 349 g/mol. The van der Waals surface area contributed by atoms with Crippen LogP contribution in [-0.4, -0.2) is 53.4 Å². The molecule has 0 N–H and O–H groups in total. The van der Waals surface area contributed by atoms with Crippen LogP contribution in [0.15, 0.2) is 43.5 Å². The van der Waals surface area contributed by atoms with E-state index >= 15 is 0 Å². The fraction of sp³-hybridized carbons (Fsp3) is 0.333. The van der Waals surface area contributed by atoms with E-state index < -0.39 is 0 Å². The largest absolute Gasteiger partial charge is 0.337 e. The predicted molar refractivity (Wildman–Crippen MR) is 94.1 cm³/mol. The summed E-state index contributed by atoms with van der Waals surface area (Å²) < 4.78 is 1.92. The van der Waals surface area contributed by atoms with Crippen LogP contribution in [0, 0.1) is 0 Å². The molecule has 132 valence electrons. The average Bonchev–Trinajstić information content (AvgIpc) is 3.14. The molecule has 1 aliphatic heterocycles. The zero-order valence-corrected chi connectivity index (χ0v) is 14.5. The lowest BCUT2D eigenvalue weighted by molar-refractivity contribution is 0.0699. The third-order valence-corrected chi connectivity index (χ3v) is 4.64. The smallest absolute Gasteiger partial charge is 0.274 e. The van der Waals surface area contributed by atoms with Gasteiger partial charge in [-0.2, -0.15) is 0 Å². The zero-order chi connectivity index (χ0) is 17.9. The van der Waals surface area contributed by atoms with E-state index in [1.165, 1.54) is 12.4 Å². The molecule has 0 aliphatic carbocycles. The maximum Gasteiger partial charge on any atom is 0.274 e. The maximum atomic E-state index is 12.7. The summed E-state index contributed by atoms with van der Waals surface area (Å²) >= 11 is 0. The first-order valence-corrected chi connectivity index (χ1v) is 8.56. The lowest BCUT2D eigenvalue weighted by atomic mass is 9.94. The van der Waals surface area contributed by atoms with Gasteiger partial charge < -0.3 is 9.47 Å². The van der Waals surface area contributed by atoms with Crippen LogP contribution in [0.25, 0.3) is 11.4 Å². The van der Waals surface area contributed by atoms with Crippen molar-refractivity contribution in [2.75, 3.05) is 13.1 Å². The van der Waals surface area contributed by atoms with Crippen LogP contribution in [0.2, 0.25) is 0 Å². The molecule has 0 unspecified atom stereocenters. The number of aryl methyl sites for hydroxylation is 1. The van der Waals surface area contributed by atoms with Gasteiger partial charge in [0.1, 0.15) is 11.4 Å². The summed E-state index contributed by atoms with van der Waals surface area (Å²) in [6.45, 7) is 1.33. The summed E-state index contributed by atoms with van der Waals surface area (Å²) in [7, 11) is 1.93. The van der Waals surface area contributed by atoms with Crippen LogP contribution < -0.4 is 0 Å². The number of carbonyl (C=O) groups excluding carboxylic acids is 1. The topological polar surface area (TPSA) is 89.7 Å². The number of rotatable bonds is 3. The van der Waals surface area contributed by atoms with Gasteiger partial charge in [0.25, 0.3) is 5.91 Å². The molecule has 0 radical (unpaired) electrons. The number of nitrogens with zero attached hydrogens (tertiary/aromatic N) is 7. The van der Waals surface area contributed by atoms with Gasteiger partial charge in [-0.1, -0.05) is 0 Å². The van der Waals surface area contributed by atoms with Crippen molar-refractivity contribution in [3.05, 3.63) is 54.9 Å². The van der Waals surface area contributed by atoms with E-state index in [4.69, 9.17) is 4.98 Å². The third-order valence-electron chi connectivity index (χ3n) is 4.64. The number of imidazole rings is 1. The highest BCUT2D eigenvalue weighted by Crippen LogP contribution is 2.27. The lowest BCUT2D eigenvalue weighted by Gasteiger charge is -2.32. The van der Waals surface area contributed by atoms with Crippen molar-refractivity contribution in [2.45, 2.75) is 18.8 Å². The SMILES string of the molecule is Cn1cncc1-c1cncc([C@H]2CCCN(C(=O)c3cnccn3)C2)n1. The van der Waals surface area contributed by atoms with Crippen LogP contribution in [0.4, 0.5) is 0 Å². The summed E-state index contributed by atoms with van der Waals surface area (Å²) in [6.07, 6.45) is 13.6. The van der Waals surface area contributed by atoms with Gasteiger partial charge in [-0.15, -0.1) is 0 Å². The van der Waals surface area contributed by atoms with E-state index in [9.17, 15) is 4.79 Å². The second kappa shape index (κ2) is 6.99. The average molecular weight is 349 g/mol. The fourth-order valence-electron chi connectivity index (χ4n) is 3.28. The van der Waals surface area contributed by atoms with E-state index in [2.05, 4.69) is 19.9 Å². The van der Waals surface area contributed by atoms with E-state index in [0.29, 0.717) is 12.2 Å². The molecule has 1 amide bonds. The molecule has 4 heterocycles. The van der Waals surface area contributed by atoms with Gasteiger partial charge in [-0.25, -0.2) is 15.0 Å². The minimum Gasteiger partial charge on any atom is -0.337 e. The number of likely N-dealkylation sites (tertiary alicyclic amines) is 1. The fourth-order valence-corrected chi connectivity index (χ4v) is 3.28. The first kappa shape index (κ1) is 16.3. The van der Waals surface area contributed by atoms with Crippen LogP contribution in [0.3, 0.4) is 0 Å². The van der Waals surface area contributed by atoms with Gasteiger partial charge in [0.05, 0.1) is 36.3 Å². The number of hydrogen-bond acceptors (Lipinski definition) is 6. The predicted octanol–water partition coefficient (Wildman–Crippen LogP) is 1.69. The maximum absolute atomic E-state index is 12.7. The van der Waals surface area contributed by atoms with Crippen molar-refractivity contribution in [3.8, 4) is 11.4 Å². The Morgan fingerprint density at radius 3 is 2.81 bits per heavy atom. The van der Waals surface area contributed by atoms with Gasteiger partial charge in [0.15, 0.2) is 0 Å². The highest BCUT2D eigenvalue weighted by Gasteiger charge is 2.27. The molecule has 3 aromatic rings. The summed E-state index contributed by atoms with van der Waals surface area (Å²) in [5.41, 5.74) is 2.99. The number of carbonyl (C=O) groups is 1. The third kappa shape index (κ3) is 3.17. The Labute approximate surface area is 151 Å². The first-order chi connectivity index (χ1) is 12.7. The van der Waals surface area contributed by atoms with Crippen molar-refractivity contribution in [2.24, 2.45) is 7.05 Å². The quantitative estimate of drug-likeness (QED) is 0.715. The van der Waals surface area contributed by atoms with Crippen molar-refractivity contribution >= 4 is 5.91 Å². The Balaban J connectivity index is 1.55. The minimum atomic E-state index is -0.0847. The van der Waals surface area contributed by atoms with E-state index in [-0.39, 0.29) is 11.8 Å². The Kier molecular flexibility index (Phi) is 4.39. The highest BCUT2D eigenvalue weighted by molar-refractivity contribution is 5.92. The van der Waals surface area contributed by atoms with Crippen molar-refractivity contribution in [3.63, 3.8) is 0 Å². The second-order valence-electron chi connectivity index (χ2n) is 6.40. The Morgan fingerprint density at radius 2 is 2.04 bits per heavy atom. The second-order valence-corrected chi connectivity index (χ2v) is 6.40. The molecule has 0 spiro atoms. The number of hydrogen-bond donors (Lipinski definition) is 0. The van der Waals surface area contributed by atoms with Gasteiger partial charge in [0, 0.05) is 44.6 Å². The number of aromatic nitrogens is 6. The number of amides is 1. The molecule has 0 saturated carbocycles. The molecular weight excluding hydrogens is 330 g/mol. The van der Waals surface area contributed by atoms with Gasteiger partial charge in [0.2, 0.25) is 0 Å². The molecule has 0 aromatic carbocycles. The van der Waals surface area contributed by atoms with E-state index in [1.807, 2.05) is 16.5 Å². The molecule has 8 nitrogen and oxygen atoms in total. The van der Waals surface area contributed by atoms with Gasteiger partial charge in [-0.3, -0.25) is 14.8 Å². The molecule has 1 fully saturated rings. The van der Waals surface area contributed by atoms with E-state index in [0.717, 1.165) is 36.5 Å². The highest BCUT2D eigenvalue weighted by atomic mass is 16.2. The van der Waals surface area contributed by atoms with Crippen LogP contribution >= 0.6 is 0 Å². The van der Waals surface area contributed by atoms with Crippen molar-refractivity contribution < 1.29 is 4.79 Å². The molecule has 26 heavy (non-hydrogen) atoms. The molecular formula is C18H19N7O. The first-order valence-electron chi connectivity index (χ1n) is 8.56. The summed E-state index contributed by atoms with van der Waals surface area (Å²) in [5, 5.41) is 0. The summed E-state index contributed by atoms with van der Waals surface area (Å²) in [6, 6.07) is 0. The molecule has 4 rings (SSSR count). The van der Waals surface area contributed by atoms with E-state index in [1.54, 1.807) is 31.1 Å². The number of piperidine rings is 1. The standard InChI is InChI=1S/C18H19N7O/c1-24-12-21-10-17(24)15-8-20-7-14(23-15)13-3-2-6-25(11-13)18(26)16-9-19-4-5-22-16/h4-5,7-10,12-13H,2-3,6,11H2,1H3/t13-/m0/s1. The zero-order valence-electron chi connectivity index (χ0n) is 14.5. The lowest BCUT2D eigenvalue weighted by Crippen LogP contribution is -2.39. The minimum absolute atomic E-state index is 0.0847.